The minimum atomic E-state index is 0.611. The summed E-state index contributed by atoms with van der Waals surface area (Å²) >= 11 is 0. The summed E-state index contributed by atoms with van der Waals surface area (Å²) in [7, 11) is 0. The van der Waals surface area contributed by atoms with E-state index in [1.54, 1.807) is 0 Å². The summed E-state index contributed by atoms with van der Waals surface area (Å²) in [5.41, 5.74) is 2.93. The molecule has 0 bridgehead atoms. The molecule has 1 aromatic rings. The summed E-state index contributed by atoms with van der Waals surface area (Å²) < 4.78 is 0. The molecule has 0 fully saturated rings. The van der Waals surface area contributed by atoms with Crippen molar-refractivity contribution in [2.75, 3.05) is 6.54 Å². The third-order valence-corrected chi connectivity index (χ3v) is 3.69. The van der Waals surface area contributed by atoms with E-state index >= 15 is 0 Å². The second-order valence-electron chi connectivity index (χ2n) is 5.04. The van der Waals surface area contributed by atoms with Crippen LogP contribution in [0.15, 0.2) is 24.3 Å². The van der Waals surface area contributed by atoms with Crippen molar-refractivity contribution in [3.8, 4) is 0 Å². The van der Waals surface area contributed by atoms with E-state index in [1.165, 1.54) is 30.4 Å². The monoisotopic (exact) mass is 233 g/mol. The third kappa shape index (κ3) is 4.51. The van der Waals surface area contributed by atoms with Crippen molar-refractivity contribution in [3.63, 3.8) is 0 Å². The summed E-state index contributed by atoms with van der Waals surface area (Å²) in [6, 6.07) is 9.37. The van der Waals surface area contributed by atoms with Crippen molar-refractivity contribution in [1.82, 2.24) is 5.32 Å². The first kappa shape index (κ1) is 14.2. The number of hydrogen-bond donors (Lipinski definition) is 1. The molecule has 0 radical (unpaired) electrons. The van der Waals surface area contributed by atoms with Gasteiger partial charge in [-0.05, 0) is 50.3 Å². The summed E-state index contributed by atoms with van der Waals surface area (Å²) in [5, 5.41) is 3.62. The van der Waals surface area contributed by atoms with Gasteiger partial charge in [0.2, 0.25) is 0 Å². The number of aryl methyl sites for hydroxylation is 1. The lowest BCUT2D eigenvalue weighted by molar-refractivity contribution is 0.362. The first-order valence-corrected chi connectivity index (χ1v) is 6.96. The molecule has 0 saturated carbocycles. The Kier molecular flexibility index (Phi) is 6.28. The number of nitrogens with one attached hydrogen (secondary N) is 1. The van der Waals surface area contributed by atoms with Gasteiger partial charge in [-0.25, -0.2) is 0 Å². The van der Waals surface area contributed by atoms with Crippen molar-refractivity contribution in [2.24, 2.45) is 5.92 Å². The van der Waals surface area contributed by atoms with Crippen molar-refractivity contribution >= 4 is 0 Å². The highest BCUT2D eigenvalue weighted by Crippen LogP contribution is 2.18. The predicted molar refractivity (Wildman–Crippen MR) is 76.4 cm³/mol. The van der Waals surface area contributed by atoms with Gasteiger partial charge in [-0.3, -0.25) is 0 Å². The Hall–Kier alpha value is -0.820. The fourth-order valence-corrected chi connectivity index (χ4v) is 2.33. The van der Waals surface area contributed by atoms with E-state index in [-0.39, 0.29) is 0 Å². The Labute approximate surface area is 107 Å². The molecule has 1 nitrogen and oxygen atoms in total. The highest BCUT2D eigenvalue weighted by atomic mass is 14.9. The zero-order valence-corrected chi connectivity index (χ0v) is 11.8. The fourth-order valence-electron chi connectivity index (χ4n) is 2.33. The molecule has 0 amide bonds. The van der Waals surface area contributed by atoms with E-state index < -0.39 is 0 Å². The van der Waals surface area contributed by atoms with Crippen LogP contribution in [0.25, 0.3) is 0 Å². The molecular formula is C16H27N. The number of hydrogen-bond acceptors (Lipinski definition) is 1. The second-order valence-corrected chi connectivity index (χ2v) is 5.04. The van der Waals surface area contributed by atoms with Crippen LogP contribution in [0, 0.1) is 12.8 Å². The number of rotatable bonds is 7. The highest BCUT2D eigenvalue weighted by Gasteiger charge is 2.15. The van der Waals surface area contributed by atoms with Crippen LogP contribution in [-0.4, -0.2) is 12.6 Å². The lowest BCUT2D eigenvalue weighted by atomic mass is 9.89. The lowest BCUT2D eigenvalue weighted by Gasteiger charge is -2.24. The quantitative estimate of drug-likeness (QED) is 0.752. The molecule has 0 saturated heterocycles. The van der Waals surface area contributed by atoms with Gasteiger partial charge >= 0.3 is 0 Å². The van der Waals surface area contributed by atoms with Crippen LogP contribution in [-0.2, 0) is 6.42 Å². The molecule has 0 spiro atoms. The summed E-state index contributed by atoms with van der Waals surface area (Å²) in [5.74, 6) is 0.739. The van der Waals surface area contributed by atoms with Gasteiger partial charge in [-0.15, -0.1) is 0 Å². The van der Waals surface area contributed by atoms with Crippen LogP contribution in [0.2, 0.25) is 0 Å². The summed E-state index contributed by atoms with van der Waals surface area (Å²) in [6.07, 6.45) is 3.65. The molecule has 2 atom stereocenters. The van der Waals surface area contributed by atoms with E-state index in [9.17, 15) is 0 Å². The van der Waals surface area contributed by atoms with Gasteiger partial charge < -0.3 is 5.32 Å². The molecule has 96 valence electrons. The van der Waals surface area contributed by atoms with Crippen LogP contribution in [0.4, 0.5) is 0 Å². The molecule has 0 aromatic heterocycles. The second kappa shape index (κ2) is 7.50. The largest absolute Gasteiger partial charge is 0.314 e. The van der Waals surface area contributed by atoms with E-state index in [0.717, 1.165) is 12.5 Å². The zero-order valence-electron chi connectivity index (χ0n) is 11.8. The first-order valence-electron chi connectivity index (χ1n) is 6.96. The minimum absolute atomic E-state index is 0.611. The molecular weight excluding hydrogens is 206 g/mol. The normalized spacial score (nSPS) is 14.6. The molecule has 1 aromatic carbocycles. The maximum absolute atomic E-state index is 3.62. The van der Waals surface area contributed by atoms with Gasteiger partial charge in [-0.1, -0.05) is 44.5 Å². The number of benzene rings is 1. The van der Waals surface area contributed by atoms with Crippen molar-refractivity contribution in [1.29, 1.82) is 0 Å². The van der Waals surface area contributed by atoms with Crippen molar-refractivity contribution < 1.29 is 0 Å². The molecule has 1 N–H and O–H groups in total. The van der Waals surface area contributed by atoms with E-state index in [0.29, 0.717) is 6.04 Å². The van der Waals surface area contributed by atoms with E-state index in [4.69, 9.17) is 0 Å². The molecule has 2 unspecified atom stereocenters. The van der Waals surface area contributed by atoms with E-state index in [1.807, 2.05) is 0 Å². The Balaban J connectivity index is 2.60. The van der Waals surface area contributed by atoms with Crippen molar-refractivity contribution in [3.05, 3.63) is 35.4 Å². The Morgan fingerprint density at radius 3 is 2.47 bits per heavy atom. The standard InChI is InChI=1S/C16H27N/c1-5-11-17-14(4)15(6-2)12-16-10-8-7-9-13(16)3/h7-10,14-15,17H,5-6,11-12H2,1-4H3. The summed E-state index contributed by atoms with van der Waals surface area (Å²) in [4.78, 5) is 0. The Morgan fingerprint density at radius 1 is 1.18 bits per heavy atom. The molecule has 0 heterocycles. The SMILES string of the molecule is CCCNC(C)C(CC)Cc1ccccc1C. The topological polar surface area (TPSA) is 12.0 Å². The Bertz CT molecular complexity index is 319. The van der Waals surface area contributed by atoms with E-state index in [2.05, 4.69) is 57.3 Å². The van der Waals surface area contributed by atoms with Crippen LogP contribution in [0.5, 0.6) is 0 Å². The van der Waals surface area contributed by atoms with Crippen molar-refractivity contribution in [2.45, 2.75) is 53.0 Å². The maximum atomic E-state index is 3.62. The highest BCUT2D eigenvalue weighted by molar-refractivity contribution is 5.26. The predicted octanol–water partition coefficient (Wildman–Crippen LogP) is 3.95. The Morgan fingerprint density at radius 2 is 1.88 bits per heavy atom. The van der Waals surface area contributed by atoms with Crippen LogP contribution in [0.1, 0.15) is 44.7 Å². The van der Waals surface area contributed by atoms with Gasteiger partial charge in [0.15, 0.2) is 0 Å². The minimum Gasteiger partial charge on any atom is -0.314 e. The fraction of sp³-hybridized carbons (Fsp3) is 0.625. The molecule has 1 rings (SSSR count). The van der Waals surface area contributed by atoms with Gasteiger partial charge in [0.25, 0.3) is 0 Å². The molecule has 1 heteroatoms. The average molecular weight is 233 g/mol. The lowest BCUT2D eigenvalue weighted by Crippen LogP contribution is -2.35. The van der Waals surface area contributed by atoms with Gasteiger partial charge in [0.05, 0.1) is 0 Å². The van der Waals surface area contributed by atoms with Gasteiger partial charge in [0, 0.05) is 6.04 Å². The van der Waals surface area contributed by atoms with Crippen LogP contribution < -0.4 is 5.32 Å². The van der Waals surface area contributed by atoms with Crippen LogP contribution >= 0.6 is 0 Å². The maximum Gasteiger partial charge on any atom is 0.00700 e. The summed E-state index contributed by atoms with van der Waals surface area (Å²) in [6.45, 7) is 10.2. The first-order chi connectivity index (χ1) is 8.19. The zero-order chi connectivity index (χ0) is 12.7. The van der Waals surface area contributed by atoms with Crippen LogP contribution in [0.3, 0.4) is 0 Å². The van der Waals surface area contributed by atoms with Gasteiger partial charge in [-0.2, -0.15) is 0 Å². The van der Waals surface area contributed by atoms with Gasteiger partial charge in [0.1, 0.15) is 0 Å². The smallest absolute Gasteiger partial charge is 0.00700 e. The molecule has 0 aliphatic carbocycles. The molecule has 17 heavy (non-hydrogen) atoms. The molecule has 0 aliphatic heterocycles. The third-order valence-electron chi connectivity index (χ3n) is 3.69. The average Bonchev–Trinajstić information content (AvgIpc) is 2.35. The molecule has 0 aliphatic rings.